The summed E-state index contributed by atoms with van der Waals surface area (Å²) in [7, 11) is 0. The number of hydrogen-bond acceptors (Lipinski definition) is 2. The van der Waals surface area contributed by atoms with Gasteiger partial charge in [-0.1, -0.05) is 38.1 Å². The van der Waals surface area contributed by atoms with Gasteiger partial charge in [-0.25, -0.2) is 4.79 Å². The van der Waals surface area contributed by atoms with E-state index in [1.165, 1.54) is 0 Å². The first-order valence-electron chi connectivity index (χ1n) is 6.72. The molecule has 0 saturated heterocycles. The average molecular weight is 334 g/mol. The first kappa shape index (κ1) is 15.7. The van der Waals surface area contributed by atoms with Crippen molar-refractivity contribution in [1.29, 1.82) is 0 Å². The van der Waals surface area contributed by atoms with Crippen molar-refractivity contribution in [3.63, 3.8) is 0 Å². The van der Waals surface area contributed by atoms with Crippen LogP contribution in [0.1, 0.15) is 46.8 Å². The summed E-state index contributed by atoms with van der Waals surface area (Å²) in [6.07, 6.45) is 0.605. The molecule has 0 radical (unpaired) electrons. The van der Waals surface area contributed by atoms with Gasteiger partial charge in [0.15, 0.2) is 0 Å². The van der Waals surface area contributed by atoms with Gasteiger partial charge in [0.2, 0.25) is 0 Å². The third-order valence-electron chi connectivity index (χ3n) is 3.70. The Morgan fingerprint density at radius 1 is 1.14 bits per heavy atom. The Bertz CT molecular complexity index is 692. The first-order valence-corrected chi connectivity index (χ1v) is 6.72. The largest absolute Gasteiger partial charge is 0.478 e. The fourth-order valence-electron chi connectivity index (χ4n) is 2.71. The van der Waals surface area contributed by atoms with Gasteiger partial charge in [-0.2, -0.15) is 0 Å². The van der Waals surface area contributed by atoms with E-state index in [0.29, 0.717) is 17.7 Å². The SMILES string of the molecule is CC(C)c1ccc2c(c1C(=O)O)Cc1ccccc1O2.[Zn]. The third-order valence-corrected chi connectivity index (χ3v) is 3.70. The molecule has 0 unspecified atom stereocenters. The van der Waals surface area contributed by atoms with Crippen molar-refractivity contribution in [3.8, 4) is 11.5 Å². The van der Waals surface area contributed by atoms with Crippen LogP contribution in [0.3, 0.4) is 0 Å². The zero-order valence-corrected chi connectivity index (χ0v) is 15.2. The van der Waals surface area contributed by atoms with Crippen LogP contribution in [0.2, 0.25) is 0 Å². The summed E-state index contributed by atoms with van der Waals surface area (Å²) >= 11 is 0. The second-order valence-electron chi connectivity index (χ2n) is 5.35. The standard InChI is InChI=1S/C17H16O3.Zn/c1-10(2)12-7-8-15-13(16(12)17(18)19)9-11-5-3-4-6-14(11)20-15;/h3-8,10H,9H2,1-2H3,(H,18,19);. The Hall–Kier alpha value is -1.67. The van der Waals surface area contributed by atoms with Crippen LogP contribution < -0.4 is 4.74 Å². The number of carboxylic acids is 1. The predicted molar refractivity (Wildman–Crippen MR) is 76.8 cm³/mol. The minimum absolute atomic E-state index is 0. The zero-order chi connectivity index (χ0) is 14.3. The Morgan fingerprint density at radius 3 is 2.52 bits per heavy atom. The molecule has 0 aromatic heterocycles. The van der Waals surface area contributed by atoms with Crippen molar-refractivity contribution in [2.45, 2.75) is 26.2 Å². The van der Waals surface area contributed by atoms with E-state index in [1.807, 2.05) is 50.2 Å². The molecule has 0 saturated carbocycles. The average Bonchev–Trinajstić information content (AvgIpc) is 2.43. The molecule has 0 bridgehead atoms. The van der Waals surface area contributed by atoms with E-state index in [2.05, 4.69) is 0 Å². The summed E-state index contributed by atoms with van der Waals surface area (Å²) in [5.74, 6) is 0.760. The molecule has 4 heteroatoms. The van der Waals surface area contributed by atoms with E-state index in [4.69, 9.17) is 4.74 Å². The maximum atomic E-state index is 11.7. The van der Waals surface area contributed by atoms with Crippen LogP contribution in [0.4, 0.5) is 0 Å². The van der Waals surface area contributed by atoms with E-state index in [9.17, 15) is 9.90 Å². The van der Waals surface area contributed by atoms with Crippen LogP contribution in [0, 0.1) is 0 Å². The molecule has 2 aromatic carbocycles. The number of benzene rings is 2. The van der Waals surface area contributed by atoms with Crippen LogP contribution in [-0.4, -0.2) is 11.1 Å². The molecule has 1 aliphatic heterocycles. The van der Waals surface area contributed by atoms with Gasteiger partial charge < -0.3 is 9.84 Å². The molecule has 3 nitrogen and oxygen atoms in total. The molecule has 0 fully saturated rings. The number of para-hydroxylation sites is 1. The minimum atomic E-state index is -0.881. The summed E-state index contributed by atoms with van der Waals surface area (Å²) in [5, 5.41) is 9.56. The first-order chi connectivity index (χ1) is 9.58. The molecule has 1 heterocycles. The van der Waals surface area contributed by atoms with Crippen molar-refractivity contribution >= 4 is 5.97 Å². The minimum Gasteiger partial charge on any atom is -0.478 e. The van der Waals surface area contributed by atoms with Gasteiger partial charge in [0.05, 0.1) is 5.56 Å². The zero-order valence-electron chi connectivity index (χ0n) is 12.2. The van der Waals surface area contributed by atoms with Crippen molar-refractivity contribution in [3.05, 3.63) is 58.7 Å². The molecule has 21 heavy (non-hydrogen) atoms. The Balaban J connectivity index is 0.00000161. The molecule has 0 aliphatic carbocycles. The second kappa shape index (κ2) is 5.99. The van der Waals surface area contributed by atoms with Gasteiger partial charge >= 0.3 is 5.97 Å². The fraction of sp³-hybridized carbons (Fsp3) is 0.235. The smallest absolute Gasteiger partial charge is 0.336 e. The molecule has 1 N–H and O–H groups in total. The quantitative estimate of drug-likeness (QED) is 0.715. The normalized spacial score (nSPS) is 12.0. The molecule has 0 amide bonds. The number of carboxylic acid groups (broad SMARTS) is 1. The second-order valence-corrected chi connectivity index (χ2v) is 5.35. The Kier molecular flexibility index (Phi) is 4.48. The predicted octanol–water partition coefficient (Wildman–Crippen LogP) is 4.20. The number of carbonyl (C=O) groups is 1. The Morgan fingerprint density at radius 2 is 1.86 bits per heavy atom. The van der Waals surface area contributed by atoms with Crippen molar-refractivity contribution in [2.24, 2.45) is 0 Å². The summed E-state index contributed by atoms with van der Waals surface area (Å²) in [6, 6.07) is 11.5. The summed E-state index contributed by atoms with van der Waals surface area (Å²) in [6.45, 7) is 4.01. The monoisotopic (exact) mass is 332 g/mol. The van der Waals surface area contributed by atoms with Crippen molar-refractivity contribution in [1.82, 2.24) is 0 Å². The van der Waals surface area contributed by atoms with Gasteiger partial charge in [-0.15, -0.1) is 0 Å². The van der Waals surface area contributed by atoms with E-state index < -0.39 is 5.97 Å². The van der Waals surface area contributed by atoms with Gasteiger partial charge in [0.1, 0.15) is 11.5 Å². The van der Waals surface area contributed by atoms with Gasteiger partial charge in [-0.3, -0.25) is 0 Å². The number of fused-ring (bicyclic) bond motifs is 2. The van der Waals surface area contributed by atoms with Crippen LogP contribution in [0.25, 0.3) is 0 Å². The molecule has 0 spiro atoms. The van der Waals surface area contributed by atoms with Crippen LogP contribution >= 0.6 is 0 Å². The molecule has 3 rings (SSSR count). The van der Waals surface area contributed by atoms with Crippen molar-refractivity contribution in [2.75, 3.05) is 0 Å². The van der Waals surface area contributed by atoms with E-state index >= 15 is 0 Å². The molecule has 0 atom stereocenters. The number of aromatic carboxylic acids is 1. The maximum Gasteiger partial charge on any atom is 0.336 e. The molecule has 1 aliphatic rings. The Labute approximate surface area is 136 Å². The topological polar surface area (TPSA) is 46.5 Å². The van der Waals surface area contributed by atoms with Crippen molar-refractivity contribution < 1.29 is 34.1 Å². The number of ether oxygens (including phenoxy) is 1. The summed E-state index contributed by atoms with van der Waals surface area (Å²) in [4.78, 5) is 11.7. The number of hydrogen-bond donors (Lipinski definition) is 1. The van der Waals surface area contributed by atoms with Gasteiger partial charge in [0.25, 0.3) is 0 Å². The van der Waals surface area contributed by atoms with E-state index in [0.717, 1.165) is 22.4 Å². The molecular formula is C17H16O3Zn. The third kappa shape index (κ3) is 2.73. The molecule has 2 aromatic rings. The van der Waals surface area contributed by atoms with Gasteiger partial charge in [-0.05, 0) is 29.2 Å². The van der Waals surface area contributed by atoms with E-state index in [1.54, 1.807) is 0 Å². The van der Waals surface area contributed by atoms with E-state index in [-0.39, 0.29) is 25.4 Å². The van der Waals surface area contributed by atoms with Crippen LogP contribution in [0.15, 0.2) is 36.4 Å². The maximum absolute atomic E-state index is 11.7. The summed E-state index contributed by atoms with van der Waals surface area (Å²) < 4.78 is 5.84. The number of rotatable bonds is 2. The molecular weight excluding hydrogens is 318 g/mol. The molecule has 104 valence electrons. The van der Waals surface area contributed by atoms with Crippen LogP contribution in [0.5, 0.6) is 11.5 Å². The van der Waals surface area contributed by atoms with Gasteiger partial charge in [0, 0.05) is 31.5 Å². The van der Waals surface area contributed by atoms with Crippen LogP contribution in [-0.2, 0) is 25.9 Å². The summed E-state index contributed by atoms with van der Waals surface area (Å²) in [5.41, 5.74) is 3.07. The fourth-order valence-corrected chi connectivity index (χ4v) is 2.71.